The number of hydrogen-bond donors (Lipinski definition) is 1. The molecule has 9 nitrogen and oxygen atoms in total. The van der Waals surface area contributed by atoms with Gasteiger partial charge in [0.15, 0.2) is 0 Å². The van der Waals surface area contributed by atoms with Gasteiger partial charge in [-0.25, -0.2) is 0 Å². The summed E-state index contributed by atoms with van der Waals surface area (Å²) >= 11 is 0. The van der Waals surface area contributed by atoms with E-state index < -0.39 is 0 Å². The minimum absolute atomic E-state index is 0.0587. The quantitative estimate of drug-likeness (QED) is 0.209. The number of aliphatic hydroxyl groups is 1. The van der Waals surface area contributed by atoms with Gasteiger partial charge in [-0.3, -0.25) is 4.90 Å². The molecule has 0 aliphatic carbocycles. The summed E-state index contributed by atoms with van der Waals surface area (Å²) < 4.78 is 33.0. The van der Waals surface area contributed by atoms with Crippen LogP contribution in [0, 0.1) is 0 Å². The van der Waals surface area contributed by atoms with Crippen molar-refractivity contribution < 1.29 is 33.5 Å². The summed E-state index contributed by atoms with van der Waals surface area (Å²) in [7, 11) is 0. The van der Waals surface area contributed by atoms with Crippen LogP contribution in [0.25, 0.3) is 0 Å². The zero-order valence-corrected chi connectivity index (χ0v) is 20.3. The standard InChI is InChI=1S/C23H48N2O7/c1-2-3-5-24(7-15-29-19-21-31-17-11-26)6-4-12-27-18-22-32-23-20-30-16-10-25-8-13-28-14-9-25/h26H,2-23H2,1H3. The van der Waals surface area contributed by atoms with Crippen molar-refractivity contribution in [3.05, 3.63) is 0 Å². The second-order valence-electron chi connectivity index (χ2n) is 7.79. The van der Waals surface area contributed by atoms with Gasteiger partial charge in [-0.2, -0.15) is 0 Å². The van der Waals surface area contributed by atoms with E-state index in [1.54, 1.807) is 0 Å². The lowest BCUT2D eigenvalue weighted by Gasteiger charge is -2.26. The van der Waals surface area contributed by atoms with Crippen LogP contribution in [-0.4, -0.2) is 140 Å². The highest BCUT2D eigenvalue weighted by atomic mass is 16.5. The minimum Gasteiger partial charge on any atom is -0.394 e. The first-order chi connectivity index (χ1) is 15.9. The Morgan fingerprint density at radius 2 is 1.25 bits per heavy atom. The van der Waals surface area contributed by atoms with Crippen molar-refractivity contribution in [2.24, 2.45) is 0 Å². The van der Waals surface area contributed by atoms with Gasteiger partial charge in [0.2, 0.25) is 0 Å². The summed E-state index contributed by atoms with van der Waals surface area (Å²) in [5, 5.41) is 8.67. The summed E-state index contributed by atoms with van der Waals surface area (Å²) in [6.07, 6.45) is 3.40. The van der Waals surface area contributed by atoms with E-state index in [1.165, 1.54) is 12.8 Å². The summed E-state index contributed by atoms with van der Waals surface area (Å²) in [6, 6.07) is 0. The molecule has 0 aromatic heterocycles. The highest BCUT2D eigenvalue weighted by Gasteiger charge is 2.09. The smallest absolute Gasteiger partial charge is 0.0701 e. The molecule has 0 bridgehead atoms. The molecule has 1 aliphatic rings. The Kier molecular flexibility index (Phi) is 22.1. The maximum absolute atomic E-state index is 8.67. The molecule has 0 saturated carbocycles. The van der Waals surface area contributed by atoms with Gasteiger partial charge < -0.3 is 38.4 Å². The van der Waals surface area contributed by atoms with E-state index in [4.69, 9.17) is 33.5 Å². The highest BCUT2D eigenvalue weighted by Crippen LogP contribution is 1.99. The monoisotopic (exact) mass is 464 g/mol. The number of hydrogen-bond acceptors (Lipinski definition) is 9. The van der Waals surface area contributed by atoms with Crippen LogP contribution < -0.4 is 0 Å². The van der Waals surface area contributed by atoms with E-state index >= 15 is 0 Å². The molecule has 9 heteroatoms. The number of ether oxygens (including phenoxy) is 6. The number of nitrogens with zero attached hydrogens (tertiary/aromatic N) is 2. The molecule has 1 N–H and O–H groups in total. The Balaban J connectivity index is 1.86. The molecule has 0 radical (unpaired) electrons. The Morgan fingerprint density at radius 1 is 0.688 bits per heavy atom. The zero-order chi connectivity index (χ0) is 23.0. The number of aliphatic hydroxyl groups excluding tert-OH is 1. The Morgan fingerprint density at radius 3 is 1.91 bits per heavy atom. The number of rotatable bonds is 24. The molecule has 0 atom stereocenters. The summed E-state index contributed by atoms with van der Waals surface area (Å²) in [6.45, 7) is 16.1. The van der Waals surface area contributed by atoms with E-state index in [2.05, 4.69) is 16.7 Å². The van der Waals surface area contributed by atoms with Crippen LogP contribution in [0.5, 0.6) is 0 Å². The molecule has 0 spiro atoms. The van der Waals surface area contributed by atoms with Gasteiger partial charge in [0.05, 0.1) is 79.3 Å². The van der Waals surface area contributed by atoms with Gasteiger partial charge in [-0.1, -0.05) is 13.3 Å². The van der Waals surface area contributed by atoms with Crippen molar-refractivity contribution in [1.82, 2.24) is 9.80 Å². The fraction of sp³-hybridized carbons (Fsp3) is 1.00. The molecule has 192 valence electrons. The lowest BCUT2D eigenvalue weighted by molar-refractivity contribution is -0.00320. The topological polar surface area (TPSA) is 82.1 Å². The summed E-state index contributed by atoms with van der Waals surface area (Å²) in [5.41, 5.74) is 0. The van der Waals surface area contributed by atoms with Crippen LogP contribution in [-0.2, 0) is 28.4 Å². The van der Waals surface area contributed by atoms with Crippen LogP contribution in [0.15, 0.2) is 0 Å². The first-order valence-electron chi connectivity index (χ1n) is 12.4. The maximum Gasteiger partial charge on any atom is 0.0701 e. The van der Waals surface area contributed by atoms with Crippen molar-refractivity contribution in [3.8, 4) is 0 Å². The molecule has 1 aliphatic heterocycles. The van der Waals surface area contributed by atoms with Crippen LogP contribution >= 0.6 is 0 Å². The van der Waals surface area contributed by atoms with Gasteiger partial charge >= 0.3 is 0 Å². The van der Waals surface area contributed by atoms with Gasteiger partial charge in [0, 0.05) is 39.3 Å². The minimum atomic E-state index is 0.0587. The van der Waals surface area contributed by atoms with Crippen molar-refractivity contribution >= 4 is 0 Å². The average Bonchev–Trinajstić information content (AvgIpc) is 2.82. The first-order valence-corrected chi connectivity index (χ1v) is 12.4. The van der Waals surface area contributed by atoms with Gasteiger partial charge in [-0.15, -0.1) is 0 Å². The molecule has 0 aromatic rings. The third-order valence-electron chi connectivity index (χ3n) is 5.15. The normalized spacial score (nSPS) is 15.1. The molecule has 0 unspecified atom stereocenters. The van der Waals surface area contributed by atoms with E-state index in [0.29, 0.717) is 52.9 Å². The van der Waals surface area contributed by atoms with Gasteiger partial charge in [-0.05, 0) is 19.4 Å². The second-order valence-corrected chi connectivity index (χ2v) is 7.79. The molecular formula is C23H48N2O7. The number of morpholine rings is 1. The third kappa shape index (κ3) is 19.1. The lowest BCUT2D eigenvalue weighted by atomic mass is 10.3. The first kappa shape index (κ1) is 29.7. The molecule has 1 rings (SSSR count). The number of unbranched alkanes of at least 4 members (excludes halogenated alkanes) is 1. The zero-order valence-electron chi connectivity index (χ0n) is 20.3. The largest absolute Gasteiger partial charge is 0.394 e. The van der Waals surface area contributed by atoms with Crippen LogP contribution in [0.2, 0.25) is 0 Å². The van der Waals surface area contributed by atoms with Gasteiger partial charge in [0.1, 0.15) is 0 Å². The van der Waals surface area contributed by atoms with Crippen molar-refractivity contribution in [1.29, 1.82) is 0 Å². The average molecular weight is 465 g/mol. The molecule has 0 aromatic carbocycles. The Hall–Kier alpha value is -0.360. The molecule has 1 heterocycles. The van der Waals surface area contributed by atoms with Crippen LogP contribution in [0.3, 0.4) is 0 Å². The van der Waals surface area contributed by atoms with Gasteiger partial charge in [0.25, 0.3) is 0 Å². The van der Waals surface area contributed by atoms with Crippen molar-refractivity contribution in [2.75, 3.05) is 125 Å². The molecule has 0 amide bonds. The fourth-order valence-corrected chi connectivity index (χ4v) is 3.25. The predicted molar refractivity (Wildman–Crippen MR) is 124 cm³/mol. The Labute approximate surface area is 195 Å². The maximum atomic E-state index is 8.67. The highest BCUT2D eigenvalue weighted by molar-refractivity contribution is 4.61. The predicted octanol–water partition coefficient (Wildman–Crippen LogP) is 0.886. The molecule has 32 heavy (non-hydrogen) atoms. The lowest BCUT2D eigenvalue weighted by Crippen LogP contribution is -2.38. The van der Waals surface area contributed by atoms with E-state index in [9.17, 15) is 0 Å². The molecule has 1 fully saturated rings. The molecular weight excluding hydrogens is 416 g/mol. The van der Waals surface area contributed by atoms with Crippen LogP contribution in [0.1, 0.15) is 26.2 Å². The van der Waals surface area contributed by atoms with E-state index in [-0.39, 0.29) is 6.61 Å². The summed E-state index contributed by atoms with van der Waals surface area (Å²) in [5.74, 6) is 0. The third-order valence-corrected chi connectivity index (χ3v) is 5.15. The van der Waals surface area contributed by atoms with E-state index in [1.807, 2.05) is 0 Å². The second kappa shape index (κ2) is 23.8. The Bertz CT molecular complexity index is 374. The van der Waals surface area contributed by atoms with E-state index in [0.717, 1.165) is 72.1 Å². The van der Waals surface area contributed by atoms with Crippen LogP contribution in [0.4, 0.5) is 0 Å². The molecule has 1 saturated heterocycles. The fourth-order valence-electron chi connectivity index (χ4n) is 3.25. The van der Waals surface area contributed by atoms with Crippen molar-refractivity contribution in [2.45, 2.75) is 26.2 Å². The van der Waals surface area contributed by atoms with Crippen molar-refractivity contribution in [3.63, 3.8) is 0 Å². The SMILES string of the molecule is CCCCN(CCCOCCOCCOCCN1CCOCC1)CCOCCOCCO. The summed E-state index contributed by atoms with van der Waals surface area (Å²) in [4.78, 5) is 4.80.